The quantitative estimate of drug-likeness (QED) is 0.348. The minimum atomic E-state index is -0.761. The number of carbonyl (C=O) groups excluding carboxylic acids is 1. The third kappa shape index (κ3) is 8.63. The zero-order chi connectivity index (χ0) is 18.7. The van der Waals surface area contributed by atoms with Gasteiger partial charge in [-0.2, -0.15) is 0 Å². The largest absolute Gasteiger partial charge is 0.481 e. The van der Waals surface area contributed by atoms with Crippen molar-refractivity contribution in [3.8, 4) is 0 Å². The van der Waals surface area contributed by atoms with Gasteiger partial charge in [-0.25, -0.2) is 0 Å². The highest BCUT2D eigenvalue weighted by Gasteiger charge is 2.39. The Hall–Kier alpha value is -1.20. The van der Waals surface area contributed by atoms with E-state index in [1.54, 1.807) is 0 Å². The van der Waals surface area contributed by atoms with Crippen LogP contribution in [0.25, 0.3) is 0 Å². The van der Waals surface area contributed by atoms with Gasteiger partial charge in [-0.15, -0.1) is 0 Å². The van der Waals surface area contributed by atoms with Crippen molar-refractivity contribution in [2.24, 2.45) is 11.8 Å². The molecular formula is C20H34O5. The molecule has 0 aliphatic heterocycles. The van der Waals surface area contributed by atoms with Crippen LogP contribution in [0.5, 0.6) is 0 Å². The summed E-state index contributed by atoms with van der Waals surface area (Å²) in [4.78, 5) is 22.6. The lowest BCUT2D eigenvalue weighted by Crippen LogP contribution is -2.18. The second-order valence-electron chi connectivity index (χ2n) is 7.22. The van der Waals surface area contributed by atoms with Crippen molar-refractivity contribution in [1.82, 2.24) is 0 Å². The van der Waals surface area contributed by atoms with Gasteiger partial charge in [0.2, 0.25) is 0 Å². The molecule has 0 amide bonds. The monoisotopic (exact) mass is 354 g/mol. The van der Waals surface area contributed by atoms with Crippen LogP contribution in [0.3, 0.4) is 0 Å². The number of carboxylic acids is 1. The Labute approximate surface area is 151 Å². The van der Waals surface area contributed by atoms with Crippen molar-refractivity contribution in [3.05, 3.63) is 12.2 Å². The predicted molar refractivity (Wildman–Crippen MR) is 97.2 cm³/mol. The summed E-state index contributed by atoms with van der Waals surface area (Å²) in [6.07, 6.45) is 10.9. The Morgan fingerprint density at radius 1 is 1.24 bits per heavy atom. The van der Waals surface area contributed by atoms with E-state index in [-0.39, 0.29) is 36.6 Å². The van der Waals surface area contributed by atoms with Gasteiger partial charge in [0.25, 0.3) is 0 Å². The maximum absolute atomic E-state index is 12.1. The lowest BCUT2D eigenvalue weighted by atomic mass is 9.88. The number of unbranched alkanes of at least 4 members (excludes halogenated alkanes) is 3. The Morgan fingerprint density at radius 3 is 2.64 bits per heavy atom. The molecule has 0 spiro atoms. The van der Waals surface area contributed by atoms with Crippen LogP contribution < -0.4 is 0 Å². The summed E-state index contributed by atoms with van der Waals surface area (Å²) in [6, 6.07) is 0. The van der Waals surface area contributed by atoms with E-state index in [0.29, 0.717) is 6.42 Å². The number of allylic oxidation sites excluding steroid dienone is 1. The molecule has 4 atom stereocenters. The summed E-state index contributed by atoms with van der Waals surface area (Å²) in [7, 11) is 0. The number of Topliss-reactive ketones (excluding diaryl/α,β-unsaturated/α-hetero) is 1. The first-order valence-corrected chi connectivity index (χ1v) is 9.73. The highest BCUT2D eigenvalue weighted by atomic mass is 16.4. The molecule has 1 aliphatic carbocycles. The number of aliphatic hydroxyl groups is 2. The molecule has 25 heavy (non-hydrogen) atoms. The van der Waals surface area contributed by atoms with Crippen LogP contribution in [-0.4, -0.2) is 39.3 Å². The molecule has 1 rings (SSSR count). The summed E-state index contributed by atoms with van der Waals surface area (Å²) >= 11 is 0. The van der Waals surface area contributed by atoms with Crippen molar-refractivity contribution < 1.29 is 24.9 Å². The summed E-state index contributed by atoms with van der Waals surface area (Å²) < 4.78 is 0. The van der Waals surface area contributed by atoms with Crippen LogP contribution in [0.2, 0.25) is 0 Å². The second-order valence-corrected chi connectivity index (χ2v) is 7.22. The van der Waals surface area contributed by atoms with Gasteiger partial charge in [0, 0.05) is 24.7 Å². The molecular weight excluding hydrogens is 320 g/mol. The molecule has 0 heterocycles. The summed E-state index contributed by atoms with van der Waals surface area (Å²) in [5.41, 5.74) is 0. The zero-order valence-electron chi connectivity index (χ0n) is 15.4. The van der Waals surface area contributed by atoms with Gasteiger partial charge in [-0.1, -0.05) is 44.8 Å². The third-order valence-electron chi connectivity index (χ3n) is 5.04. The molecule has 0 aromatic carbocycles. The number of aliphatic carboxylic acids is 1. The lowest BCUT2D eigenvalue weighted by molar-refractivity contribution is -0.137. The van der Waals surface area contributed by atoms with E-state index in [2.05, 4.69) is 0 Å². The minimum Gasteiger partial charge on any atom is -0.481 e. The molecule has 0 aromatic heterocycles. The molecule has 0 bridgehead atoms. The van der Waals surface area contributed by atoms with Crippen LogP contribution >= 0.6 is 0 Å². The van der Waals surface area contributed by atoms with E-state index in [9.17, 15) is 19.8 Å². The van der Waals surface area contributed by atoms with E-state index >= 15 is 0 Å². The van der Waals surface area contributed by atoms with Gasteiger partial charge in [0.05, 0.1) is 12.2 Å². The molecule has 1 fully saturated rings. The van der Waals surface area contributed by atoms with Crippen molar-refractivity contribution in [2.75, 3.05) is 0 Å². The third-order valence-corrected chi connectivity index (χ3v) is 5.04. The molecule has 1 saturated carbocycles. The zero-order valence-corrected chi connectivity index (χ0v) is 15.4. The van der Waals surface area contributed by atoms with Gasteiger partial charge >= 0.3 is 5.97 Å². The van der Waals surface area contributed by atoms with E-state index in [4.69, 9.17) is 5.11 Å². The van der Waals surface area contributed by atoms with E-state index < -0.39 is 12.1 Å². The number of hydrogen-bond acceptors (Lipinski definition) is 4. The topological polar surface area (TPSA) is 94.8 Å². The maximum atomic E-state index is 12.1. The number of rotatable bonds is 13. The van der Waals surface area contributed by atoms with E-state index in [1.165, 1.54) is 0 Å². The van der Waals surface area contributed by atoms with Crippen molar-refractivity contribution >= 4 is 11.8 Å². The first-order valence-electron chi connectivity index (χ1n) is 9.73. The van der Waals surface area contributed by atoms with Gasteiger partial charge in [0.15, 0.2) is 0 Å². The first-order chi connectivity index (χ1) is 12.0. The SMILES string of the molecule is CCC[C@@H](O)CCC=C[C@H]1[C@H](O)CC(=O)[C@@H]1CCCCCCC(=O)O. The number of ketones is 1. The molecule has 0 aromatic rings. The van der Waals surface area contributed by atoms with Crippen molar-refractivity contribution in [1.29, 1.82) is 0 Å². The lowest BCUT2D eigenvalue weighted by Gasteiger charge is -2.17. The molecule has 5 heteroatoms. The van der Waals surface area contributed by atoms with Crippen molar-refractivity contribution in [3.63, 3.8) is 0 Å². The Morgan fingerprint density at radius 2 is 1.96 bits per heavy atom. The predicted octanol–water partition coefficient (Wildman–Crippen LogP) is 3.48. The van der Waals surface area contributed by atoms with Gasteiger partial charge in [-0.05, 0) is 32.1 Å². The molecule has 5 nitrogen and oxygen atoms in total. The highest BCUT2D eigenvalue weighted by Crippen LogP contribution is 2.34. The number of hydrogen-bond donors (Lipinski definition) is 3. The Bertz CT molecular complexity index is 432. The fourth-order valence-corrected chi connectivity index (χ4v) is 3.61. The fourth-order valence-electron chi connectivity index (χ4n) is 3.61. The van der Waals surface area contributed by atoms with Crippen LogP contribution in [0.4, 0.5) is 0 Å². The van der Waals surface area contributed by atoms with Crippen LogP contribution in [0.1, 0.15) is 77.6 Å². The Kier molecular flexibility index (Phi) is 10.7. The van der Waals surface area contributed by atoms with E-state index in [1.807, 2.05) is 19.1 Å². The molecule has 0 unspecified atom stereocenters. The van der Waals surface area contributed by atoms with Gasteiger partial charge in [-0.3, -0.25) is 9.59 Å². The molecule has 3 N–H and O–H groups in total. The summed E-state index contributed by atoms with van der Waals surface area (Å²) in [5.74, 6) is -0.858. The summed E-state index contributed by atoms with van der Waals surface area (Å²) in [5, 5.41) is 28.5. The standard InChI is InChI=1S/C20H34O5/c1-2-9-15(21)10-7-8-12-17-16(18(22)14-19(17)23)11-5-3-4-6-13-20(24)25/h8,12,15-17,19,21,23H,2-7,9-11,13-14H2,1H3,(H,24,25)/t15-,16-,17-,19-/m1/s1. The highest BCUT2D eigenvalue weighted by molar-refractivity contribution is 5.84. The average Bonchev–Trinajstić information content (AvgIpc) is 2.81. The second kappa shape index (κ2) is 12.2. The number of aliphatic hydroxyl groups excluding tert-OH is 2. The van der Waals surface area contributed by atoms with Crippen LogP contribution in [0, 0.1) is 11.8 Å². The maximum Gasteiger partial charge on any atom is 0.303 e. The molecule has 144 valence electrons. The normalized spacial score (nSPS) is 24.9. The van der Waals surface area contributed by atoms with Crippen molar-refractivity contribution in [2.45, 2.75) is 89.8 Å². The van der Waals surface area contributed by atoms with Gasteiger partial charge in [0.1, 0.15) is 5.78 Å². The molecule has 1 aliphatic rings. The smallest absolute Gasteiger partial charge is 0.303 e. The first kappa shape index (κ1) is 21.8. The molecule has 0 saturated heterocycles. The average molecular weight is 354 g/mol. The van der Waals surface area contributed by atoms with Crippen LogP contribution in [0.15, 0.2) is 12.2 Å². The fraction of sp³-hybridized carbons (Fsp3) is 0.800. The summed E-state index contributed by atoms with van der Waals surface area (Å²) in [6.45, 7) is 2.05. The van der Waals surface area contributed by atoms with Gasteiger partial charge < -0.3 is 15.3 Å². The number of carbonyl (C=O) groups is 2. The van der Waals surface area contributed by atoms with E-state index in [0.717, 1.165) is 51.4 Å². The van der Waals surface area contributed by atoms with Crippen LogP contribution in [-0.2, 0) is 9.59 Å². The molecule has 0 radical (unpaired) electrons. The Balaban J connectivity index is 2.34. The number of carboxylic acid groups (broad SMARTS) is 1. The minimum absolute atomic E-state index is 0.116.